The van der Waals surface area contributed by atoms with Crippen molar-refractivity contribution in [3.63, 3.8) is 0 Å². The van der Waals surface area contributed by atoms with Gasteiger partial charge in [-0.2, -0.15) is 17.5 Å². The Bertz CT molecular complexity index is 1040. The zero-order valence-corrected chi connectivity index (χ0v) is 19.2. The highest BCUT2D eigenvalue weighted by atomic mass is 32.2. The van der Waals surface area contributed by atoms with Crippen molar-refractivity contribution in [1.82, 2.24) is 4.31 Å². The minimum Gasteiger partial charge on any atom is -0.484 e. The molecule has 0 atom stereocenters. The van der Waals surface area contributed by atoms with E-state index in [1.165, 1.54) is 28.6 Å². The van der Waals surface area contributed by atoms with Gasteiger partial charge in [0.05, 0.1) is 4.90 Å². The summed E-state index contributed by atoms with van der Waals surface area (Å²) in [6, 6.07) is 12.5. The highest BCUT2D eigenvalue weighted by molar-refractivity contribution is 7.89. The molecule has 1 aliphatic rings. The van der Waals surface area contributed by atoms with Crippen molar-refractivity contribution in [3.8, 4) is 5.75 Å². The van der Waals surface area contributed by atoms with E-state index in [4.69, 9.17) is 0 Å². The maximum Gasteiger partial charge on any atom is 0.422 e. The van der Waals surface area contributed by atoms with Crippen LogP contribution in [0.3, 0.4) is 0 Å². The average molecular weight is 485 g/mol. The van der Waals surface area contributed by atoms with Gasteiger partial charge in [0.1, 0.15) is 5.75 Å². The molecular formula is C23H27F3N2O4S. The molecule has 2 aromatic carbocycles. The monoisotopic (exact) mass is 484 g/mol. The summed E-state index contributed by atoms with van der Waals surface area (Å²) in [5, 5.41) is 2.73. The first-order chi connectivity index (χ1) is 15.5. The van der Waals surface area contributed by atoms with Crippen LogP contribution >= 0.6 is 0 Å². The average Bonchev–Trinajstić information content (AvgIpc) is 2.78. The molecule has 1 aliphatic heterocycles. The summed E-state index contributed by atoms with van der Waals surface area (Å²) >= 11 is 0. The van der Waals surface area contributed by atoms with Gasteiger partial charge < -0.3 is 10.1 Å². The predicted octanol–water partition coefficient (Wildman–Crippen LogP) is 4.79. The van der Waals surface area contributed by atoms with Crippen molar-refractivity contribution >= 4 is 21.6 Å². The first-order valence-electron chi connectivity index (χ1n) is 10.7. The number of carbonyl (C=O) groups is 1. The summed E-state index contributed by atoms with van der Waals surface area (Å²) in [4.78, 5) is 12.8. The SMILES string of the molecule is CC(C)c1ccc(S(=O)(=O)N2CCC(C(=O)Nc3ccc(OCC(F)(F)F)cc3)CC2)cc1. The molecule has 10 heteroatoms. The second-order valence-electron chi connectivity index (χ2n) is 8.32. The smallest absolute Gasteiger partial charge is 0.422 e. The largest absolute Gasteiger partial charge is 0.484 e. The molecule has 1 heterocycles. The van der Waals surface area contributed by atoms with Gasteiger partial charge in [0.2, 0.25) is 15.9 Å². The van der Waals surface area contributed by atoms with Gasteiger partial charge in [0, 0.05) is 24.7 Å². The van der Waals surface area contributed by atoms with E-state index < -0.39 is 22.8 Å². The summed E-state index contributed by atoms with van der Waals surface area (Å²) in [5.74, 6) is -0.261. The Labute approximate surface area is 191 Å². The number of amides is 1. The number of hydrogen-bond donors (Lipinski definition) is 1. The molecule has 0 bridgehead atoms. The van der Waals surface area contributed by atoms with Crippen molar-refractivity contribution in [2.24, 2.45) is 5.92 Å². The van der Waals surface area contributed by atoms with Crippen LogP contribution in [0.5, 0.6) is 5.75 Å². The fourth-order valence-electron chi connectivity index (χ4n) is 3.58. The van der Waals surface area contributed by atoms with Crippen LogP contribution in [0.1, 0.15) is 38.2 Å². The molecule has 0 aromatic heterocycles. The lowest BCUT2D eigenvalue weighted by Crippen LogP contribution is -2.41. The maximum absolute atomic E-state index is 12.9. The van der Waals surface area contributed by atoms with Crippen molar-refractivity contribution in [3.05, 3.63) is 54.1 Å². The Kier molecular flexibility index (Phi) is 7.69. The third-order valence-corrected chi connectivity index (χ3v) is 7.45. The lowest BCUT2D eigenvalue weighted by atomic mass is 9.97. The first kappa shape index (κ1) is 25.0. The Morgan fingerprint density at radius 2 is 1.64 bits per heavy atom. The van der Waals surface area contributed by atoms with E-state index in [9.17, 15) is 26.4 Å². The van der Waals surface area contributed by atoms with E-state index in [2.05, 4.69) is 10.1 Å². The van der Waals surface area contributed by atoms with E-state index in [1.807, 2.05) is 26.0 Å². The minimum atomic E-state index is -4.42. The summed E-state index contributed by atoms with van der Waals surface area (Å²) in [5.41, 5.74) is 1.49. The Balaban J connectivity index is 1.53. The molecule has 1 amide bonds. The Hall–Kier alpha value is -2.59. The summed E-state index contributed by atoms with van der Waals surface area (Å²) in [6.45, 7) is 3.15. The normalized spacial score (nSPS) is 16.1. The quantitative estimate of drug-likeness (QED) is 0.613. The Morgan fingerprint density at radius 1 is 1.06 bits per heavy atom. The van der Waals surface area contributed by atoms with Crippen LogP contribution in [0.2, 0.25) is 0 Å². The maximum atomic E-state index is 12.9. The number of hydrogen-bond acceptors (Lipinski definition) is 4. The number of benzene rings is 2. The number of ether oxygens (including phenoxy) is 1. The van der Waals surface area contributed by atoms with Crippen molar-refractivity contribution in [2.45, 2.75) is 43.7 Å². The topological polar surface area (TPSA) is 75.7 Å². The number of nitrogens with zero attached hydrogens (tertiary/aromatic N) is 1. The number of rotatable bonds is 7. The van der Waals surface area contributed by atoms with Gasteiger partial charge in [0.15, 0.2) is 6.61 Å². The van der Waals surface area contributed by atoms with Crippen molar-refractivity contribution < 1.29 is 31.1 Å². The standard InChI is InChI=1S/C23H27F3N2O4S/c1-16(2)17-3-9-21(10-4-17)33(30,31)28-13-11-18(12-14-28)22(29)27-19-5-7-20(8-6-19)32-15-23(24,25)26/h3-10,16,18H,11-15H2,1-2H3,(H,27,29). The number of halogens is 3. The van der Waals surface area contributed by atoms with Gasteiger partial charge in [-0.3, -0.25) is 4.79 Å². The third kappa shape index (κ3) is 6.70. The van der Waals surface area contributed by atoms with Crippen LogP contribution in [0.4, 0.5) is 18.9 Å². The lowest BCUT2D eigenvalue weighted by Gasteiger charge is -2.30. The molecule has 2 aromatic rings. The molecule has 1 N–H and O–H groups in total. The van der Waals surface area contributed by atoms with E-state index in [0.717, 1.165) is 5.56 Å². The van der Waals surface area contributed by atoms with E-state index in [-0.39, 0.29) is 35.6 Å². The van der Waals surface area contributed by atoms with Crippen LogP contribution < -0.4 is 10.1 Å². The van der Waals surface area contributed by atoms with Gasteiger partial charge in [-0.25, -0.2) is 8.42 Å². The zero-order valence-electron chi connectivity index (χ0n) is 18.4. The fourth-order valence-corrected chi connectivity index (χ4v) is 5.05. The molecule has 33 heavy (non-hydrogen) atoms. The molecule has 0 saturated carbocycles. The molecule has 6 nitrogen and oxygen atoms in total. The minimum absolute atomic E-state index is 0.0465. The van der Waals surface area contributed by atoms with Gasteiger partial charge in [-0.1, -0.05) is 26.0 Å². The number of nitrogens with one attached hydrogen (secondary N) is 1. The molecule has 0 unspecified atom stereocenters. The highest BCUT2D eigenvalue weighted by Crippen LogP contribution is 2.27. The van der Waals surface area contributed by atoms with Crippen molar-refractivity contribution in [1.29, 1.82) is 0 Å². The number of sulfonamides is 1. The molecule has 1 saturated heterocycles. The number of carbonyl (C=O) groups excluding carboxylic acids is 1. The molecule has 0 spiro atoms. The van der Waals surface area contributed by atoms with E-state index >= 15 is 0 Å². The third-order valence-electron chi connectivity index (χ3n) is 5.53. The van der Waals surface area contributed by atoms with Crippen LogP contribution in [0.25, 0.3) is 0 Å². The van der Waals surface area contributed by atoms with Gasteiger partial charge in [-0.15, -0.1) is 0 Å². The number of alkyl halides is 3. The molecule has 0 aliphatic carbocycles. The van der Waals surface area contributed by atoms with E-state index in [1.54, 1.807) is 12.1 Å². The van der Waals surface area contributed by atoms with E-state index in [0.29, 0.717) is 24.4 Å². The van der Waals surface area contributed by atoms with Crippen LogP contribution in [0.15, 0.2) is 53.4 Å². The van der Waals surface area contributed by atoms with Crippen LogP contribution in [0, 0.1) is 5.92 Å². The summed E-state index contributed by atoms with van der Waals surface area (Å²) < 4.78 is 68.5. The molecule has 0 radical (unpaired) electrons. The highest BCUT2D eigenvalue weighted by Gasteiger charge is 2.32. The first-order valence-corrected chi connectivity index (χ1v) is 12.1. The predicted molar refractivity (Wildman–Crippen MR) is 119 cm³/mol. The summed E-state index contributed by atoms with van der Waals surface area (Å²) in [7, 11) is -3.63. The van der Waals surface area contributed by atoms with Crippen LogP contribution in [-0.4, -0.2) is 44.5 Å². The number of anilines is 1. The molecule has 180 valence electrons. The molecular weight excluding hydrogens is 457 g/mol. The van der Waals surface area contributed by atoms with Gasteiger partial charge >= 0.3 is 6.18 Å². The zero-order chi connectivity index (χ0) is 24.2. The molecule has 3 rings (SSSR count). The second-order valence-corrected chi connectivity index (χ2v) is 10.3. The van der Waals surface area contributed by atoms with Crippen LogP contribution in [-0.2, 0) is 14.8 Å². The molecule has 1 fully saturated rings. The number of piperidine rings is 1. The Morgan fingerprint density at radius 3 is 2.15 bits per heavy atom. The summed E-state index contributed by atoms with van der Waals surface area (Å²) in [6.07, 6.45) is -3.67. The lowest BCUT2D eigenvalue weighted by molar-refractivity contribution is -0.153. The van der Waals surface area contributed by atoms with Gasteiger partial charge in [0.25, 0.3) is 0 Å². The van der Waals surface area contributed by atoms with Gasteiger partial charge in [-0.05, 0) is 60.7 Å². The fraction of sp³-hybridized carbons (Fsp3) is 0.435. The van der Waals surface area contributed by atoms with Crippen molar-refractivity contribution in [2.75, 3.05) is 25.0 Å². The second kappa shape index (κ2) is 10.1.